The molecule has 1 saturated heterocycles. The number of thioether (sulfide) groups is 1. The largest absolute Gasteiger partial charge is 0.373 e. The fourth-order valence-electron chi connectivity index (χ4n) is 2.83. The first-order valence-corrected chi connectivity index (χ1v) is 8.07. The van der Waals surface area contributed by atoms with Crippen molar-refractivity contribution in [3.63, 3.8) is 0 Å². The highest BCUT2D eigenvalue weighted by Crippen LogP contribution is 2.37. The second-order valence-electron chi connectivity index (χ2n) is 5.59. The van der Waals surface area contributed by atoms with E-state index in [0.717, 1.165) is 30.7 Å². The quantitative estimate of drug-likeness (QED) is 0.564. The highest BCUT2D eigenvalue weighted by molar-refractivity contribution is 8.00. The molecule has 0 aromatic rings. The fraction of sp³-hybridized carbons (Fsp3) is 0.643. The molecular weight excluding hydrogens is 272 g/mol. The predicted molar refractivity (Wildman–Crippen MR) is 83.6 cm³/mol. The summed E-state index contributed by atoms with van der Waals surface area (Å²) < 4.78 is 0. The lowest BCUT2D eigenvalue weighted by Crippen LogP contribution is -2.38. The molecule has 0 spiro atoms. The Balaban J connectivity index is 1.61. The molecular formula is C14H22N4OS. The standard InChI is InChI=1S/C14H22N4OS/c1-8-2-3-9(15)6-10(8)18-13(19)12-7-11-14(20-12)17-5-4-16-11/h2,4,6,9,11-14,17-19H,3,5,7,15H2,1H3. The Kier molecular flexibility index (Phi) is 4.16. The smallest absolute Gasteiger partial charge is 0.136 e. The van der Waals surface area contributed by atoms with Crippen molar-refractivity contribution in [1.29, 1.82) is 0 Å². The zero-order chi connectivity index (χ0) is 14.1. The number of fused-ring (bicyclic) bond motifs is 1. The number of nitrogens with zero attached hydrogens (tertiary/aromatic N) is 1. The van der Waals surface area contributed by atoms with Gasteiger partial charge in [0.25, 0.3) is 0 Å². The van der Waals surface area contributed by atoms with Gasteiger partial charge in [-0.25, -0.2) is 0 Å². The molecule has 5 unspecified atom stereocenters. The molecule has 110 valence electrons. The van der Waals surface area contributed by atoms with Crippen LogP contribution < -0.4 is 16.4 Å². The monoisotopic (exact) mass is 294 g/mol. The molecule has 1 fully saturated rings. The van der Waals surface area contributed by atoms with Crippen molar-refractivity contribution in [3.05, 3.63) is 23.4 Å². The fourth-order valence-corrected chi connectivity index (χ4v) is 4.29. The average molecular weight is 294 g/mol. The maximum absolute atomic E-state index is 10.4. The Morgan fingerprint density at radius 3 is 3.25 bits per heavy atom. The summed E-state index contributed by atoms with van der Waals surface area (Å²) >= 11 is 1.78. The second kappa shape index (κ2) is 5.89. The van der Waals surface area contributed by atoms with Gasteiger partial charge in [-0.15, -0.1) is 11.8 Å². The molecule has 0 amide bonds. The molecule has 5 nitrogen and oxygen atoms in total. The third-order valence-electron chi connectivity index (χ3n) is 4.01. The normalized spacial score (nSPS) is 38.0. The van der Waals surface area contributed by atoms with Gasteiger partial charge >= 0.3 is 0 Å². The number of aliphatic hydroxyl groups excluding tert-OH is 1. The van der Waals surface area contributed by atoms with Crippen LogP contribution in [0, 0.1) is 0 Å². The molecule has 3 rings (SSSR count). The van der Waals surface area contributed by atoms with Crippen LogP contribution in [-0.4, -0.2) is 46.8 Å². The third-order valence-corrected chi connectivity index (χ3v) is 5.58. The van der Waals surface area contributed by atoms with E-state index < -0.39 is 6.23 Å². The van der Waals surface area contributed by atoms with E-state index in [4.69, 9.17) is 5.73 Å². The van der Waals surface area contributed by atoms with E-state index in [1.807, 2.05) is 19.2 Å². The van der Waals surface area contributed by atoms with Crippen LogP contribution in [0.25, 0.3) is 0 Å². The molecule has 20 heavy (non-hydrogen) atoms. The van der Waals surface area contributed by atoms with E-state index in [1.54, 1.807) is 11.8 Å². The van der Waals surface area contributed by atoms with Crippen molar-refractivity contribution in [3.8, 4) is 0 Å². The summed E-state index contributed by atoms with van der Waals surface area (Å²) in [7, 11) is 0. The first-order chi connectivity index (χ1) is 9.63. The van der Waals surface area contributed by atoms with E-state index >= 15 is 0 Å². The molecule has 6 heteroatoms. The Labute approximate surface area is 123 Å². The molecule has 0 saturated carbocycles. The lowest BCUT2D eigenvalue weighted by atomic mass is 10.0. The van der Waals surface area contributed by atoms with Crippen molar-refractivity contribution in [2.45, 2.75) is 48.7 Å². The number of allylic oxidation sites excluding steroid dienone is 1. The van der Waals surface area contributed by atoms with Crippen LogP contribution in [0.5, 0.6) is 0 Å². The highest BCUT2D eigenvalue weighted by Gasteiger charge is 2.39. The predicted octanol–water partition coefficient (Wildman–Crippen LogP) is 0.330. The zero-order valence-electron chi connectivity index (χ0n) is 11.6. The van der Waals surface area contributed by atoms with Crippen LogP contribution in [0.3, 0.4) is 0 Å². The van der Waals surface area contributed by atoms with Crippen LogP contribution in [0.15, 0.2) is 28.4 Å². The summed E-state index contributed by atoms with van der Waals surface area (Å²) in [5.74, 6) is 0. The van der Waals surface area contributed by atoms with Gasteiger partial charge in [-0.05, 0) is 31.4 Å². The first-order valence-electron chi connectivity index (χ1n) is 7.13. The van der Waals surface area contributed by atoms with Crippen LogP contribution in [0.1, 0.15) is 19.8 Å². The molecule has 0 radical (unpaired) electrons. The Bertz CT molecular complexity index is 462. The maximum atomic E-state index is 10.4. The van der Waals surface area contributed by atoms with Crippen molar-refractivity contribution < 1.29 is 5.11 Å². The first kappa shape index (κ1) is 14.1. The van der Waals surface area contributed by atoms with Crippen LogP contribution >= 0.6 is 11.8 Å². The number of hydrogen-bond acceptors (Lipinski definition) is 6. The minimum atomic E-state index is -0.567. The Morgan fingerprint density at radius 2 is 2.45 bits per heavy atom. The average Bonchev–Trinajstić information content (AvgIpc) is 2.87. The minimum Gasteiger partial charge on any atom is -0.373 e. The molecule has 3 aliphatic rings. The van der Waals surface area contributed by atoms with E-state index in [1.165, 1.54) is 0 Å². The Morgan fingerprint density at radius 1 is 1.60 bits per heavy atom. The second-order valence-corrected chi connectivity index (χ2v) is 6.98. The van der Waals surface area contributed by atoms with Crippen molar-refractivity contribution >= 4 is 18.0 Å². The summed E-state index contributed by atoms with van der Waals surface area (Å²) in [4.78, 5) is 4.50. The number of aliphatic imine (C=N–C) groups is 1. The summed E-state index contributed by atoms with van der Waals surface area (Å²) in [5, 5.41) is 17.6. The number of hydrogen-bond donors (Lipinski definition) is 4. The number of rotatable bonds is 3. The minimum absolute atomic E-state index is 0.0403. The SMILES string of the molecule is CC1=CCC(N)C=C1NC(O)C1CC2N=CCNC2S1. The molecule has 5 N–H and O–H groups in total. The lowest BCUT2D eigenvalue weighted by Gasteiger charge is -2.25. The van der Waals surface area contributed by atoms with E-state index in [9.17, 15) is 5.11 Å². The number of aliphatic hydroxyl groups is 1. The van der Waals surface area contributed by atoms with Gasteiger partial charge in [-0.3, -0.25) is 10.3 Å². The summed E-state index contributed by atoms with van der Waals surface area (Å²) in [6.45, 7) is 2.87. The molecule has 0 aromatic heterocycles. The van der Waals surface area contributed by atoms with Gasteiger partial charge in [0.05, 0.1) is 16.7 Å². The number of nitrogens with one attached hydrogen (secondary N) is 2. The van der Waals surface area contributed by atoms with Crippen LogP contribution in [-0.2, 0) is 0 Å². The van der Waals surface area contributed by atoms with Gasteiger partial charge < -0.3 is 16.2 Å². The summed E-state index contributed by atoms with van der Waals surface area (Å²) in [6.07, 6.45) is 7.25. The Hall–Kier alpha value is -0.820. The van der Waals surface area contributed by atoms with E-state index in [0.29, 0.717) is 5.37 Å². The van der Waals surface area contributed by atoms with Gasteiger partial charge in [-0.1, -0.05) is 6.08 Å². The third kappa shape index (κ3) is 2.93. The van der Waals surface area contributed by atoms with Gasteiger partial charge in [0.2, 0.25) is 0 Å². The molecule has 0 bridgehead atoms. The maximum Gasteiger partial charge on any atom is 0.136 e. The summed E-state index contributed by atoms with van der Waals surface area (Å²) in [6, 6.07) is 0.327. The molecule has 2 heterocycles. The molecule has 1 aliphatic carbocycles. The van der Waals surface area contributed by atoms with Crippen LogP contribution in [0.4, 0.5) is 0 Å². The van der Waals surface area contributed by atoms with Crippen molar-refractivity contribution in [2.24, 2.45) is 10.7 Å². The zero-order valence-corrected chi connectivity index (χ0v) is 12.4. The topological polar surface area (TPSA) is 82.7 Å². The van der Waals surface area contributed by atoms with Crippen molar-refractivity contribution in [2.75, 3.05) is 6.54 Å². The van der Waals surface area contributed by atoms with E-state index in [2.05, 4.69) is 21.7 Å². The van der Waals surface area contributed by atoms with Gasteiger partial charge in [-0.2, -0.15) is 0 Å². The van der Waals surface area contributed by atoms with Gasteiger partial charge in [0.15, 0.2) is 0 Å². The van der Waals surface area contributed by atoms with Crippen LogP contribution in [0.2, 0.25) is 0 Å². The number of nitrogens with two attached hydrogens (primary N) is 1. The molecule has 2 aliphatic heterocycles. The van der Waals surface area contributed by atoms with Gasteiger partial charge in [0.1, 0.15) is 6.23 Å². The highest BCUT2D eigenvalue weighted by atomic mass is 32.2. The summed E-state index contributed by atoms with van der Waals surface area (Å²) in [5.41, 5.74) is 8.05. The van der Waals surface area contributed by atoms with E-state index in [-0.39, 0.29) is 17.3 Å². The molecule has 5 atom stereocenters. The lowest BCUT2D eigenvalue weighted by molar-refractivity contribution is 0.144. The molecule has 0 aromatic carbocycles. The van der Waals surface area contributed by atoms with Gasteiger partial charge in [0, 0.05) is 24.5 Å². The van der Waals surface area contributed by atoms with Crippen molar-refractivity contribution in [1.82, 2.24) is 10.6 Å².